The average Bonchev–Trinajstić information content (AvgIpc) is 2.30. The van der Waals surface area contributed by atoms with E-state index in [-0.39, 0.29) is 12.0 Å². The van der Waals surface area contributed by atoms with E-state index in [1.54, 1.807) is 7.11 Å². The molecule has 0 atom stereocenters. The number of nitrogens with one attached hydrogen (secondary N) is 1. The zero-order valence-electron chi connectivity index (χ0n) is 11.0. The van der Waals surface area contributed by atoms with Gasteiger partial charge in [0.15, 0.2) is 0 Å². The standard InChI is InChI=1S/C14H23NO2/c1-14(2,11-16)10-15-8-12-5-4-6-13(7-12)9-17-3/h4-7,15-16H,8-11H2,1-3H3. The molecule has 3 heteroatoms. The van der Waals surface area contributed by atoms with Crippen LogP contribution in [0.1, 0.15) is 25.0 Å². The fraction of sp³-hybridized carbons (Fsp3) is 0.571. The van der Waals surface area contributed by atoms with E-state index in [4.69, 9.17) is 9.84 Å². The molecule has 0 aliphatic carbocycles. The van der Waals surface area contributed by atoms with Crippen LogP contribution in [0.3, 0.4) is 0 Å². The molecule has 0 aliphatic rings. The zero-order chi connectivity index (χ0) is 12.7. The molecule has 1 aromatic carbocycles. The Balaban J connectivity index is 2.44. The first-order chi connectivity index (χ1) is 8.07. The first kappa shape index (κ1) is 14.2. The molecule has 0 saturated carbocycles. The molecular weight excluding hydrogens is 214 g/mol. The molecule has 0 heterocycles. The van der Waals surface area contributed by atoms with Crippen LogP contribution in [0, 0.1) is 5.41 Å². The van der Waals surface area contributed by atoms with Crippen molar-refractivity contribution in [1.29, 1.82) is 0 Å². The number of hydrogen-bond acceptors (Lipinski definition) is 3. The molecule has 1 aromatic rings. The molecule has 3 nitrogen and oxygen atoms in total. The topological polar surface area (TPSA) is 41.5 Å². The Morgan fingerprint density at radius 2 is 2.00 bits per heavy atom. The summed E-state index contributed by atoms with van der Waals surface area (Å²) in [4.78, 5) is 0. The van der Waals surface area contributed by atoms with Crippen LogP contribution in [0.25, 0.3) is 0 Å². The van der Waals surface area contributed by atoms with Gasteiger partial charge >= 0.3 is 0 Å². The van der Waals surface area contributed by atoms with Crippen LogP contribution in [0.2, 0.25) is 0 Å². The van der Waals surface area contributed by atoms with E-state index < -0.39 is 0 Å². The third-order valence-electron chi connectivity index (χ3n) is 2.66. The summed E-state index contributed by atoms with van der Waals surface area (Å²) in [5, 5.41) is 12.5. The minimum absolute atomic E-state index is 0.0653. The lowest BCUT2D eigenvalue weighted by Gasteiger charge is -2.22. The van der Waals surface area contributed by atoms with Crippen molar-refractivity contribution in [1.82, 2.24) is 5.32 Å². The number of benzene rings is 1. The van der Waals surface area contributed by atoms with Gasteiger partial charge in [0.05, 0.1) is 6.61 Å². The highest BCUT2D eigenvalue weighted by Crippen LogP contribution is 2.12. The Bertz CT molecular complexity index is 337. The maximum Gasteiger partial charge on any atom is 0.0713 e. The number of ether oxygens (including phenoxy) is 1. The number of rotatable bonds is 7. The Labute approximate surface area is 104 Å². The molecule has 1 rings (SSSR count). The summed E-state index contributed by atoms with van der Waals surface area (Å²) in [5.74, 6) is 0. The van der Waals surface area contributed by atoms with Crippen molar-refractivity contribution in [3.05, 3.63) is 35.4 Å². The number of aliphatic hydroxyl groups is 1. The predicted octanol–water partition coefficient (Wildman–Crippen LogP) is 1.94. The lowest BCUT2D eigenvalue weighted by molar-refractivity contribution is 0.156. The smallest absolute Gasteiger partial charge is 0.0713 e. The summed E-state index contributed by atoms with van der Waals surface area (Å²) in [7, 11) is 1.70. The molecule has 2 N–H and O–H groups in total. The number of methoxy groups -OCH3 is 1. The van der Waals surface area contributed by atoms with Gasteiger partial charge < -0.3 is 15.2 Å². The van der Waals surface area contributed by atoms with Crippen molar-refractivity contribution in [2.24, 2.45) is 5.41 Å². The van der Waals surface area contributed by atoms with Crippen LogP contribution in [-0.4, -0.2) is 25.4 Å². The first-order valence-corrected chi connectivity index (χ1v) is 5.96. The summed E-state index contributed by atoms with van der Waals surface area (Å²) in [6, 6.07) is 8.34. The molecule has 0 aromatic heterocycles. The first-order valence-electron chi connectivity index (χ1n) is 5.96. The number of hydrogen-bond donors (Lipinski definition) is 2. The molecule has 0 amide bonds. The fourth-order valence-corrected chi connectivity index (χ4v) is 1.60. The Morgan fingerprint density at radius 3 is 2.65 bits per heavy atom. The molecule has 0 bridgehead atoms. The van der Waals surface area contributed by atoms with Crippen LogP contribution in [-0.2, 0) is 17.9 Å². The number of aliphatic hydroxyl groups excluding tert-OH is 1. The highest BCUT2D eigenvalue weighted by Gasteiger charge is 2.15. The second-order valence-corrected chi connectivity index (χ2v) is 5.18. The van der Waals surface area contributed by atoms with Crippen LogP contribution >= 0.6 is 0 Å². The summed E-state index contributed by atoms with van der Waals surface area (Å²) >= 11 is 0. The molecule has 0 fully saturated rings. The monoisotopic (exact) mass is 237 g/mol. The van der Waals surface area contributed by atoms with Gasteiger partial charge in [0.25, 0.3) is 0 Å². The van der Waals surface area contributed by atoms with Crippen LogP contribution < -0.4 is 5.32 Å². The maximum absolute atomic E-state index is 9.15. The lowest BCUT2D eigenvalue weighted by atomic mass is 9.95. The van der Waals surface area contributed by atoms with Gasteiger partial charge in [-0.05, 0) is 11.1 Å². The second kappa shape index (κ2) is 6.74. The van der Waals surface area contributed by atoms with Gasteiger partial charge in [0.1, 0.15) is 0 Å². The lowest BCUT2D eigenvalue weighted by Crippen LogP contribution is -2.31. The quantitative estimate of drug-likeness (QED) is 0.761. The normalized spacial score (nSPS) is 11.8. The van der Waals surface area contributed by atoms with E-state index in [9.17, 15) is 0 Å². The predicted molar refractivity (Wildman–Crippen MR) is 69.7 cm³/mol. The molecule has 96 valence electrons. The molecule has 17 heavy (non-hydrogen) atoms. The van der Waals surface area contributed by atoms with Crippen LogP contribution in [0.4, 0.5) is 0 Å². The van der Waals surface area contributed by atoms with E-state index in [1.807, 2.05) is 19.9 Å². The van der Waals surface area contributed by atoms with E-state index >= 15 is 0 Å². The molecule has 0 saturated heterocycles. The van der Waals surface area contributed by atoms with Gasteiger partial charge in [-0.1, -0.05) is 38.1 Å². The van der Waals surface area contributed by atoms with Gasteiger partial charge in [-0.25, -0.2) is 0 Å². The molecule has 0 aliphatic heterocycles. The van der Waals surface area contributed by atoms with Crippen LogP contribution in [0.15, 0.2) is 24.3 Å². The Hall–Kier alpha value is -0.900. The van der Waals surface area contributed by atoms with Gasteiger partial charge in [-0.2, -0.15) is 0 Å². The minimum atomic E-state index is -0.0653. The van der Waals surface area contributed by atoms with Crippen molar-refractivity contribution in [2.45, 2.75) is 27.0 Å². The molecular formula is C14H23NO2. The van der Waals surface area contributed by atoms with E-state index in [0.29, 0.717) is 6.61 Å². The highest BCUT2D eigenvalue weighted by molar-refractivity contribution is 5.22. The second-order valence-electron chi connectivity index (χ2n) is 5.18. The summed E-state index contributed by atoms with van der Waals surface area (Å²) in [5.41, 5.74) is 2.37. The van der Waals surface area contributed by atoms with Crippen molar-refractivity contribution < 1.29 is 9.84 Å². The average molecular weight is 237 g/mol. The fourth-order valence-electron chi connectivity index (χ4n) is 1.60. The molecule has 0 unspecified atom stereocenters. The highest BCUT2D eigenvalue weighted by atomic mass is 16.5. The van der Waals surface area contributed by atoms with Gasteiger partial charge in [0.2, 0.25) is 0 Å². The summed E-state index contributed by atoms with van der Waals surface area (Å²) < 4.78 is 5.11. The SMILES string of the molecule is COCc1cccc(CNCC(C)(C)CO)c1. The van der Waals surface area contributed by atoms with Gasteiger partial charge in [0, 0.05) is 32.2 Å². The van der Waals surface area contributed by atoms with E-state index in [0.717, 1.165) is 13.1 Å². The maximum atomic E-state index is 9.15. The molecule has 0 spiro atoms. The van der Waals surface area contributed by atoms with Gasteiger partial charge in [-0.3, -0.25) is 0 Å². The zero-order valence-corrected chi connectivity index (χ0v) is 11.0. The van der Waals surface area contributed by atoms with E-state index in [1.165, 1.54) is 11.1 Å². The summed E-state index contributed by atoms with van der Waals surface area (Å²) in [6.45, 7) is 6.56. The van der Waals surface area contributed by atoms with Gasteiger partial charge in [-0.15, -0.1) is 0 Å². The largest absolute Gasteiger partial charge is 0.396 e. The van der Waals surface area contributed by atoms with Crippen molar-refractivity contribution in [3.63, 3.8) is 0 Å². The summed E-state index contributed by atoms with van der Waals surface area (Å²) in [6.07, 6.45) is 0. The third-order valence-corrected chi connectivity index (χ3v) is 2.66. The minimum Gasteiger partial charge on any atom is -0.396 e. The van der Waals surface area contributed by atoms with E-state index in [2.05, 4.69) is 23.5 Å². The Kier molecular flexibility index (Phi) is 5.62. The van der Waals surface area contributed by atoms with Crippen molar-refractivity contribution in [2.75, 3.05) is 20.3 Å². The van der Waals surface area contributed by atoms with Crippen LogP contribution in [0.5, 0.6) is 0 Å². The third kappa shape index (κ3) is 5.31. The van der Waals surface area contributed by atoms with Crippen molar-refractivity contribution >= 4 is 0 Å². The Morgan fingerprint density at radius 1 is 1.29 bits per heavy atom. The van der Waals surface area contributed by atoms with Crippen molar-refractivity contribution in [3.8, 4) is 0 Å². The molecule has 0 radical (unpaired) electrons.